The van der Waals surface area contributed by atoms with E-state index in [9.17, 15) is 18.0 Å². The van der Waals surface area contributed by atoms with E-state index in [-0.39, 0.29) is 30.5 Å². The molecule has 2 rings (SSSR count). The second-order valence-corrected chi connectivity index (χ2v) is 7.04. The molecule has 0 saturated carbocycles. The standard InChI is InChI=1S/C14H15NO5S/c16-13(17)6-3-11-1-4-12(5-2-11)14(18)15-7-9-21(19,20)10-8-15/h1-6H,7-10H2,(H,16,17). The van der Waals surface area contributed by atoms with Crippen molar-refractivity contribution in [1.82, 2.24) is 4.90 Å². The van der Waals surface area contributed by atoms with Crippen LogP contribution >= 0.6 is 0 Å². The van der Waals surface area contributed by atoms with Crippen LogP contribution in [0.2, 0.25) is 0 Å². The van der Waals surface area contributed by atoms with E-state index in [2.05, 4.69) is 0 Å². The van der Waals surface area contributed by atoms with E-state index >= 15 is 0 Å². The van der Waals surface area contributed by atoms with Gasteiger partial charge in [-0.3, -0.25) is 4.79 Å². The molecule has 1 N–H and O–H groups in total. The van der Waals surface area contributed by atoms with Gasteiger partial charge in [-0.05, 0) is 23.8 Å². The molecule has 0 radical (unpaired) electrons. The summed E-state index contributed by atoms with van der Waals surface area (Å²) in [5, 5.41) is 8.53. The highest BCUT2D eigenvalue weighted by Crippen LogP contribution is 2.12. The second-order valence-electron chi connectivity index (χ2n) is 4.74. The summed E-state index contributed by atoms with van der Waals surface area (Å²) >= 11 is 0. The van der Waals surface area contributed by atoms with Gasteiger partial charge in [0.15, 0.2) is 9.84 Å². The predicted molar refractivity (Wildman–Crippen MR) is 77.7 cm³/mol. The Morgan fingerprint density at radius 1 is 1.10 bits per heavy atom. The molecule has 1 fully saturated rings. The third-order valence-corrected chi connectivity index (χ3v) is 4.82. The number of benzene rings is 1. The summed E-state index contributed by atoms with van der Waals surface area (Å²) in [6.45, 7) is 0.420. The van der Waals surface area contributed by atoms with Gasteiger partial charge < -0.3 is 10.0 Å². The molecule has 1 saturated heterocycles. The van der Waals surface area contributed by atoms with Gasteiger partial charge in [-0.2, -0.15) is 0 Å². The van der Waals surface area contributed by atoms with E-state index in [0.717, 1.165) is 6.08 Å². The molecule has 1 amide bonds. The Bertz CT molecular complexity index is 662. The van der Waals surface area contributed by atoms with Crippen LogP contribution in [0, 0.1) is 0 Å². The number of carbonyl (C=O) groups excluding carboxylic acids is 1. The first kappa shape index (κ1) is 15.2. The fraction of sp³-hybridized carbons (Fsp3) is 0.286. The molecule has 0 unspecified atom stereocenters. The average Bonchev–Trinajstić information content (AvgIpc) is 2.45. The highest BCUT2D eigenvalue weighted by atomic mass is 32.2. The van der Waals surface area contributed by atoms with Crippen molar-refractivity contribution < 1.29 is 23.1 Å². The van der Waals surface area contributed by atoms with Crippen LogP contribution in [0.4, 0.5) is 0 Å². The molecule has 21 heavy (non-hydrogen) atoms. The van der Waals surface area contributed by atoms with Crippen LogP contribution < -0.4 is 0 Å². The van der Waals surface area contributed by atoms with E-state index in [1.807, 2.05) is 0 Å². The van der Waals surface area contributed by atoms with Gasteiger partial charge >= 0.3 is 5.97 Å². The van der Waals surface area contributed by atoms with Gasteiger partial charge in [0.25, 0.3) is 5.91 Å². The summed E-state index contributed by atoms with van der Waals surface area (Å²) < 4.78 is 22.7. The largest absolute Gasteiger partial charge is 0.478 e. The van der Waals surface area contributed by atoms with Crippen LogP contribution in [-0.2, 0) is 14.6 Å². The minimum Gasteiger partial charge on any atom is -0.478 e. The number of aliphatic carboxylic acids is 1. The number of sulfone groups is 1. The van der Waals surface area contributed by atoms with Crippen molar-refractivity contribution in [3.63, 3.8) is 0 Å². The fourth-order valence-electron chi connectivity index (χ4n) is 2.00. The lowest BCUT2D eigenvalue weighted by molar-refractivity contribution is -0.131. The molecule has 7 heteroatoms. The Hall–Kier alpha value is -2.15. The number of nitrogens with zero attached hydrogens (tertiary/aromatic N) is 1. The van der Waals surface area contributed by atoms with Crippen LogP contribution in [0.3, 0.4) is 0 Å². The maximum Gasteiger partial charge on any atom is 0.328 e. The van der Waals surface area contributed by atoms with Crippen molar-refractivity contribution in [2.24, 2.45) is 0 Å². The highest BCUT2D eigenvalue weighted by molar-refractivity contribution is 7.91. The van der Waals surface area contributed by atoms with Crippen molar-refractivity contribution in [2.45, 2.75) is 0 Å². The van der Waals surface area contributed by atoms with Gasteiger partial charge in [0.1, 0.15) is 0 Å². The van der Waals surface area contributed by atoms with Gasteiger partial charge in [0, 0.05) is 24.7 Å². The molecule has 1 aliphatic heterocycles. The zero-order chi connectivity index (χ0) is 15.5. The van der Waals surface area contributed by atoms with Crippen molar-refractivity contribution in [3.05, 3.63) is 41.5 Å². The van der Waals surface area contributed by atoms with Crippen LogP contribution in [0.25, 0.3) is 6.08 Å². The summed E-state index contributed by atoms with van der Waals surface area (Å²) in [5.41, 5.74) is 1.14. The molecule has 6 nitrogen and oxygen atoms in total. The molecular formula is C14H15NO5S. The summed E-state index contributed by atoms with van der Waals surface area (Å²) in [6, 6.07) is 6.50. The third kappa shape index (κ3) is 4.16. The summed E-state index contributed by atoms with van der Waals surface area (Å²) in [5.74, 6) is -1.25. The van der Waals surface area contributed by atoms with Crippen LogP contribution in [0.5, 0.6) is 0 Å². The molecule has 1 aromatic rings. The number of carboxylic acid groups (broad SMARTS) is 1. The SMILES string of the molecule is O=C(O)C=Cc1ccc(C(=O)N2CCS(=O)(=O)CC2)cc1. The molecule has 0 atom stereocenters. The molecule has 0 aromatic heterocycles. The molecule has 112 valence electrons. The Morgan fingerprint density at radius 3 is 2.19 bits per heavy atom. The summed E-state index contributed by atoms with van der Waals surface area (Å²) in [4.78, 5) is 24.1. The minimum atomic E-state index is -3.01. The Balaban J connectivity index is 2.05. The number of carboxylic acids is 1. The first-order chi connectivity index (χ1) is 9.87. The normalized spacial score (nSPS) is 17.8. The lowest BCUT2D eigenvalue weighted by Crippen LogP contribution is -2.43. The number of hydrogen-bond donors (Lipinski definition) is 1. The molecule has 1 heterocycles. The average molecular weight is 309 g/mol. The molecule has 1 aromatic carbocycles. The maximum atomic E-state index is 12.2. The van der Waals surface area contributed by atoms with E-state index in [1.165, 1.54) is 11.0 Å². The number of rotatable bonds is 3. The van der Waals surface area contributed by atoms with Crippen molar-refractivity contribution >= 4 is 27.8 Å². The summed E-state index contributed by atoms with van der Waals surface area (Å²) in [7, 11) is -3.01. The van der Waals surface area contributed by atoms with Gasteiger partial charge in [-0.15, -0.1) is 0 Å². The van der Waals surface area contributed by atoms with Gasteiger partial charge in [0.2, 0.25) is 0 Å². The fourth-order valence-corrected chi connectivity index (χ4v) is 3.20. The number of hydrogen-bond acceptors (Lipinski definition) is 4. The van der Waals surface area contributed by atoms with Crippen molar-refractivity contribution in [2.75, 3.05) is 24.6 Å². The minimum absolute atomic E-state index is 0.00181. The molecule has 0 bridgehead atoms. The Morgan fingerprint density at radius 2 is 1.67 bits per heavy atom. The molecule has 1 aliphatic rings. The zero-order valence-electron chi connectivity index (χ0n) is 11.2. The van der Waals surface area contributed by atoms with Gasteiger partial charge in [-0.25, -0.2) is 13.2 Å². The molecule has 0 aliphatic carbocycles. The highest BCUT2D eigenvalue weighted by Gasteiger charge is 2.25. The van der Waals surface area contributed by atoms with Crippen LogP contribution in [0.1, 0.15) is 15.9 Å². The molecule has 0 spiro atoms. The van der Waals surface area contributed by atoms with Gasteiger partial charge in [0.05, 0.1) is 11.5 Å². The molecular weight excluding hydrogens is 294 g/mol. The van der Waals surface area contributed by atoms with E-state index in [0.29, 0.717) is 11.1 Å². The quantitative estimate of drug-likeness (QED) is 0.828. The number of amides is 1. The van der Waals surface area contributed by atoms with E-state index < -0.39 is 15.8 Å². The Kier molecular flexibility index (Phi) is 4.42. The van der Waals surface area contributed by atoms with Crippen molar-refractivity contribution in [3.8, 4) is 0 Å². The Labute approximate surface area is 122 Å². The smallest absolute Gasteiger partial charge is 0.328 e. The number of carbonyl (C=O) groups is 2. The lowest BCUT2D eigenvalue weighted by atomic mass is 10.1. The first-order valence-corrected chi connectivity index (χ1v) is 8.20. The monoisotopic (exact) mass is 309 g/mol. The first-order valence-electron chi connectivity index (χ1n) is 6.38. The second kappa shape index (κ2) is 6.09. The van der Waals surface area contributed by atoms with Crippen molar-refractivity contribution in [1.29, 1.82) is 0 Å². The topological polar surface area (TPSA) is 91.8 Å². The third-order valence-electron chi connectivity index (χ3n) is 3.21. The van der Waals surface area contributed by atoms with E-state index in [4.69, 9.17) is 5.11 Å². The van der Waals surface area contributed by atoms with Crippen LogP contribution in [-0.4, -0.2) is 54.9 Å². The zero-order valence-corrected chi connectivity index (χ0v) is 12.0. The van der Waals surface area contributed by atoms with Gasteiger partial charge in [-0.1, -0.05) is 12.1 Å². The van der Waals surface area contributed by atoms with Crippen LogP contribution in [0.15, 0.2) is 30.3 Å². The predicted octanol–water partition coefficient (Wildman–Crippen LogP) is 0.655. The summed E-state index contributed by atoms with van der Waals surface area (Å²) in [6.07, 6.45) is 2.45. The maximum absolute atomic E-state index is 12.2. The lowest BCUT2D eigenvalue weighted by Gasteiger charge is -2.26. The van der Waals surface area contributed by atoms with E-state index in [1.54, 1.807) is 24.3 Å².